The van der Waals surface area contributed by atoms with Crippen molar-refractivity contribution in [3.05, 3.63) is 69.8 Å². The second-order valence-electron chi connectivity index (χ2n) is 4.89. The van der Waals surface area contributed by atoms with Gasteiger partial charge in [-0.25, -0.2) is 0 Å². The zero-order valence-corrected chi connectivity index (χ0v) is 11.8. The van der Waals surface area contributed by atoms with Gasteiger partial charge >= 0.3 is 0 Å². The van der Waals surface area contributed by atoms with E-state index in [1.54, 1.807) is 12.1 Å². The molecule has 0 bridgehead atoms. The fourth-order valence-corrected chi connectivity index (χ4v) is 2.14. The first-order valence-electron chi connectivity index (χ1n) is 6.81. The maximum atomic E-state index is 10.8. The molecule has 0 amide bonds. The summed E-state index contributed by atoms with van der Waals surface area (Å²) in [5, 5.41) is 23.0. The Morgan fingerprint density at radius 2 is 1.95 bits per heavy atom. The van der Waals surface area contributed by atoms with E-state index < -0.39 is 0 Å². The SMILES string of the molecule is CC(Nc1ccc(CCO)cc1)c1cccc([N+](=O)[O-])c1. The molecule has 5 nitrogen and oxygen atoms in total. The van der Waals surface area contributed by atoms with E-state index in [9.17, 15) is 10.1 Å². The van der Waals surface area contributed by atoms with Crippen molar-refractivity contribution in [1.82, 2.24) is 0 Å². The normalized spacial score (nSPS) is 11.9. The van der Waals surface area contributed by atoms with Crippen LogP contribution in [-0.4, -0.2) is 16.6 Å². The van der Waals surface area contributed by atoms with E-state index >= 15 is 0 Å². The first-order chi connectivity index (χ1) is 10.1. The average Bonchev–Trinajstić information content (AvgIpc) is 2.49. The van der Waals surface area contributed by atoms with Gasteiger partial charge in [-0.15, -0.1) is 0 Å². The third-order valence-corrected chi connectivity index (χ3v) is 3.32. The fraction of sp³-hybridized carbons (Fsp3) is 0.250. The number of nitro groups is 1. The zero-order chi connectivity index (χ0) is 15.2. The van der Waals surface area contributed by atoms with Gasteiger partial charge in [0.05, 0.1) is 4.92 Å². The molecule has 0 aliphatic carbocycles. The summed E-state index contributed by atoms with van der Waals surface area (Å²) in [5.41, 5.74) is 2.98. The molecule has 2 rings (SSSR count). The largest absolute Gasteiger partial charge is 0.396 e. The molecule has 0 aliphatic heterocycles. The van der Waals surface area contributed by atoms with E-state index in [2.05, 4.69) is 5.32 Å². The minimum absolute atomic E-state index is 0.0337. The van der Waals surface area contributed by atoms with Gasteiger partial charge in [0.2, 0.25) is 0 Å². The molecule has 0 saturated heterocycles. The minimum atomic E-state index is -0.389. The second kappa shape index (κ2) is 6.85. The van der Waals surface area contributed by atoms with Crippen LogP contribution in [0.3, 0.4) is 0 Å². The highest BCUT2D eigenvalue weighted by Crippen LogP contribution is 2.23. The van der Waals surface area contributed by atoms with Crippen LogP contribution in [0.25, 0.3) is 0 Å². The Hall–Kier alpha value is -2.40. The van der Waals surface area contributed by atoms with Crippen molar-refractivity contribution in [3.8, 4) is 0 Å². The van der Waals surface area contributed by atoms with Crippen molar-refractivity contribution in [2.24, 2.45) is 0 Å². The Balaban J connectivity index is 2.08. The van der Waals surface area contributed by atoms with Crippen molar-refractivity contribution in [2.45, 2.75) is 19.4 Å². The zero-order valence-electron chi connectivity index (χ0n) is 11.8. The molecule has 1 atom stereocenters. The van der Waals surface area contributed by atoms with E-state index in [-0.39, 0.29) is 23.3 Å². The number of nitrogens with one attached hydrogen (secondary N) is 1. The van der Waals surface area contributed by atoms with Crippen molar-refractivity contribution in [2.75, 3.05) is 11.9 Å². The highest BCUT2D eigenvalue weighted by atomic mass is 16.6. The van der Waals surface area contributed by atoms with Crippen molar-refractivity contribution >= 4 is 11.4 Å². The van der Waals surface area contributed by atoms with Gasteiger partial charge in [0.25, 0.3) is 5.69 Å². The Morgan fingerprint density at radius 1 is 1.24 bits per heavy atom. The van der Waals surface area contributed by atoms with Crippen molar-refractivity contribution < 1.29 is 10.0 Å². The number of hydrogen-bond donors (Lipinski definition) is 2. The van der Waals surface area contributed by atoms with Gasteiger partial charge in [-0.1, -0.05) is 24.3 Å². The Bertz CT molecular complexity index is 611. The van der Waals surface area contributed by atoms with Crippen LogP contribution >= 0.6 is 0 Å². The average molecular weight is 286 g/mol. The predicted octanol–water partition coefficient (Wildman–Crippen LogP) is 3.30. The highest BCUT2D eigenvalue weighted by Gasteiger charge is 2.10. The van der Waals surface area contributed by atoms with Crippen molar-refractivity contribution in [3.63, 3.8) is 0 Å². The summed E-state index contributed by atoms with van der Waals surface area (Å²) in [6, 6.07) is 14.4. The quantitative estimate of drug-likeness (QED) is 0.631. The lowest BCUT2D eigenvalue weighted by Crippen LogP contribution is -2.07. The van der Waals surface area contributed by atoms with Crippen LogP contribution in [0.5, 0.6) is 0 Å². The standard InChI is InChI=1S/C16H18N2O3/c1-12(14-3-2-4-16(11-14)18(20)21)17-15-7-5-13(6-8-15)9-10-19/h2-8,11-12,17,19H,9-10H2,1H3. The molecule has 0 saturated carbocycles. The molecule has 1 unspecified atom stereocenters. The smallest absolute Gasteiger partial charge is 0.269 e. The van der Waals surface area contributed by atoms with Crippen LogP contribution in [0.4, 0.5) is 11.4 Å². The molecular formula is C16H18N2O3. The molecule has 5 heteroatoms. The van der Waals surface area contributed by atoms with Crippen molar-refractivity contribution in [1.29, 1.82) is 0 Å². The monoisotopic (exact) mass is 286 g/mol. The molecule has 0 heterocycles. The molecule has 21 heavy (non-hydrogen) atoms. The molecule has 0 aliphatic rings. The summed E-state index contributed by atoms with van der Waals surface area (Å²) < 4.78 is 0. The third-order valence-electron chi connectivity index (χ3n) is 3.32. The molecule has 0 spiro atoms. The van der Waals surface area contributed by atoms with E-state index in [0.717, 1.165) is 16.8 Å². The molecule has 0 radical (unpaired) electrons. The van der Waals surface area contributed by atoms with Crippen LogP contribution in [0.2, 0.25) is 0 Å². The van der Waals surface area contributed by atoms with Crippen LogP contribution < -0.4 is 5.32 Å². The van der Waals surface area contributed by atoms with Gasteiger partial charge in [-0.3, -0.25) is 10.1 Å². The fourth-order valence-electron chi connectivity index (χ4n) is 2.14. The van der Waals surface area contributed by atoms with Crippen LogP contribution in [0, 0.1) is 10.1 Å². The Kier molecular flexibility index (Phi) is 4.90. The van der Waals surface area contributed by atoms with Gasteiger partial charge < -0.3 is 10.4 Å². The molecule has 2 aromatic carbocycles. The van der Waals surface area contributed by atoms with Gasteiger partial charge in [0.15, 0.2) is 0 Å². The van der Waals surface area contributed by atoms with E-state index in [0.29, 0.717) is 6.42 Å². The summed E-state index contributed by atoms with van der Waals surface area (Å²) in [6.45, 7) is 2.09. The molecule has 2 N–H and O–H groups in total. The van der Waals surface area contributed by atoms with E-state index in [1.807, 2.05) is 37.3 Å². The molecule has 0 aromatic heterocycles. The van der Waals surface area contributed by atoms with Crippen LogP contribution in [0.1, 0.15) is 24.1 Å². The number of nitrogens with zero attached hydrogens (tertiary/aromatic N) is 1. The number of non-ortho nitro benzene ring substituents is 1. The lowest BCUT2D eigenvalue weighted by molar-refractivity contribution is -0.384. The molecule has 110 valence electrons. The summed E-state index contributed by atoms with van der Waals surface area (Å²) in [7, 11) is 0. The number of aliphatic hydroxyl groups is 1. The van der Waals surface area contributed by atoms with E-state index in [1.165, 1.54) is 6.07 Å². The third kappa shape index (κ3) is 4.03. The second-order valence-corrected chi connectivity index (χ2v) is 4.89. The Labute approximate surface area is 123 Å². The number of nitro benzene ring substituents is 1. The summed E-state index contributed by atoms with van der Waals surface area (Å²) >= 11 is 0. The number of anilines is 1. The first kappa shape index (κ1) is 15.0. The Morgan fingerprint density at radius 3 is 2.57 bits per heavy atom. The molecule has 0 fully saturated rings. The molecular weight excluding hydrogens is 268 g/mol. The van der Waals surface area contributed by atoms with Gasteiger partial charge in [0, 0.05) is 30.5 Å². The predicted molar refractivity (Wildman–Crippen MR) is 82.4 cm³/mol. The lowest BCUT2D eigenvalue weighted by atomic mass is 10.1. The van der Waals surface area contributed by atoms with Gasteiger partial charge in [-0.2, -0.15) is 0 Å². The van der Waals surface area contributed by atoms with Crippen LogP contribution in [-0.2, 0) is 6.42 Å². The highest BCUT2D eigenvalue weighted by molar-refractivity contribution is 5.47. The van der Waals surface area contributed by atoms with E-state index in [4.69, 9.17) is 5.11 Å². The summed E-state index contributed by atoms with van der Waals surface area (Å²) in [6.07, 6.45) is 0.640. The summed E-state index contributed by atoms with van der Waals surface area (Å²) in [5.74, 6) is 0. The maximum absolute atomic E-state index is 10.8. The number of aliphatic hydroxyl groups excluding tert-OH is 1. The number of hydrogen-bond acceptors (Lipinski definition) is 4. The topological polar surface area (TPSA) is 75.4 Å². The van der Waals surface area contributed by atoms with Gasteiger partial charge in [0.1, 0.15) is 0 Å². The lowest BCUT2D eigenvalue weighted by Gasteiger charge is -2.16. The maximum Gasteiger partial charge on any atom is 0.269 e. The first-order valence-corrected chi connectivity index (χ1v) is 6.81. The molecule has 2 aromatic rings. The summed E-state index contributed by atoms with van der Waals surface area (Å²) in [4.78, 5) is 10.4. The van der Waals surface area contributed by atoms with Crippen LogP contribution in [0.15, 0.2) is 48.5 Å². The van der Waals surface area contributed by atoms with Gasteiger partial charge in [-0.05, 0) is 36.6 Å². The number of rotatable bonds is 6. The number of benzene rings is 2. The minimum Gasteiger partial charge on any atom is -0.396 e.